The molecule has 0 radical (unpaired) electrons. The number of ether oxygens (including phenoxy) is 1. The van der Waals surface area contributed by atoms with Crippen molar-refractivity contribution in [3.8, 4) is 0 Å². The minimum atomic E-state index is -0.399. The molecular formula is C20H28N2O3. The summed E-state index contributed by atoms with van der Waals surface area (Å²) in [6.07, 6.45) is 5.62. The lowest BCUT2D eigenvalue weighted by molar-refractivity contribution is -0.152. The van der Waals surface area contributed by atoms with E-state index in [1.807, 2.05) is 36.1 Å². The number of likely N-dealkylation sites (tertiary alicyclic amines) is 1. The van der Waals surface area contributed by atoms with Crippen molar-refractivity contribution in [2.75, 3.05) is 19.0 Å². The van der Waals surface area contributed by atoms with Crippen LogP contribution in [0.2, 0.25) is 0 Å². The van der Waals surface area contributed by atoms with Crippen molar-refractivity contribution >= 4 is 17.6 Å². The summed E-state index contributed by atoms with van der Waals surface area (Å²) in [5.74, 6) is 0.242. The van der Waals surface area contributed by atoms with E-state index in [9.17, 15) is 9.59 Å². The maximum Gasteiger partial charge on any atom is 0.328 e. The Kier molecular flexibility index (Phi) is 5.61. The monoisotopic (exact) mass is 344 g/mol. The van der Waals surface area contributed by atoms with Gasteiger partial charge in [-0.25, -0.2) is 4.79 Å². The number of methoxy groups -OCH3 is 1. The first-order chi connectivity index (χ1) is 12.1. The van der Waals surface area contributed by atoms with Gasteiger partial charge in [-0.1, -0.05) is 31.0 Å². The van der Waals surface area contributed by atoms with Crippen LogP contribution in [0.5, 0.6) is 0 Å². The highest BCUT2D eigenvalue weighted by molar-refractivity contribution is 5.86. The van der Waals surface area contributed by atoms with Crippen LogP contribution in [0.4, 0.5) is 5.69 Å². The number of carbonyl (C=O) groups is 2. The Morgan fingerprint density at radius 3 is 2.76 bits per heavy atom. The molecule has 0 unspecified atom stereocenters. The Hall–Kier alpha value is -2.04. The Morgan fingerprint density at radius 1 is 1.24 bits per heavy atom. The summed E-state index contributed by atoms with van der Waals surface area (Å²) < 4.78 is 4.96. The Labute approximate surface area is 149 Å². The number of benzene rings is 1. The molecule has 2 aliphatic rings. The van der Waals surface area contributed by atoms with Gasteiger partial charge in [0, 0.05) is 24.7 Å². The normalized spacial score (nSPS) is 25.4. The molecule has 1 amide bonds. The number of rotatable bonds is 5. The summed E-state index contributed by atoms with van der Waals surface area (Å²) in [5.41, 5.74) is 2.22. The van der Waals surface area contributed by atoms with Crippen molar-refractivity contribution in [2.45, 2.75) is 57.5 Å². The molecule has 1 saturated heterocycles. The zero-order valence-electron chi connectivity index (χ0n) is 15.2. The fourth-order valence-electron chi connectivity index (χ4n) is 4.37. The van der Waals surface area contributed by atoms with Gasteiger partial charge >= 0.3 is 5.97 Å². The molecule has 5 nitrogen and oxygen atoms in total. The van der Waals surface area contributed by atoms with Crippen molar-refractivity contribution in [1.29, 1.82) is 0 Å². The molecule has 0 spiro atoms. The fourth-order valence-corrected chi connectivity index (χ4v) is 4.37. The number of fused-ring (bicyclic) bond motifs is 1. The van der Waals surface area contributed by atoms with Crippen LogP contribution in [0.15, 0.2) is 24.3 Å². The Morgan fingerprint density at radius 2 is 2.00 bits per heavy atom. The van der Waals surface area contributed by atoms with Gasteiger partial charge in [-0.05, 0) is 43.7 Å². The van der Waals surface area contributed by atoms with Crippen LogP contribution in [-0.4, -0.2) is 42.5 Å². The van der Waals surface area contributed by atoms with Crippen LogP contribution in [0.1, 0.15) is 44.1 Å². The topological polar surface area (TPSA) is 58.6 Å². The number of aryl methyl sites for hydroxylation is 1. The smallest absolute Gasteiger partial charge is 0.328 e. The predicted molar refractivity (Wildman–Crippen MR) is 97.3 cm³/mol. The fraction of sp³-hybridized carbons (Fsp3) is 0.600. The molecule has 1 aromatic carbocycles. The number of anilines is 1. The van der Waals surface area contributed by atoms with Gasteiger partial charge < -0.3 is 15.0 Å². The third-order valence-corrected chi connectivity index (χ3v) is 5.65. The summed E-state index contributed by atoms with van der Waals surface area (Å²) in [5, 5.41) is 3.33. The zero-order chi connectivity index (χ0) is 17.8. The van der Waals surface area contributed by atoms with Gasteiger partial charge in [0.25, 0.3) is 0 Å². The second-order valence-corrected chi connectivity index (χ2v) is 7.18. The number of nitrogens with zero attached hydrogens (tertiary/aromatic N) is 1. The number of esters is 1. The molecule has 1 aliphatic heterocycles. The number of amides is 1. The largest absolute Gasteiger partial charge is 0.467 e. The number of hydrogen-bond donors (Lipinski definition) is 1. The summed E-state index contributed by atoms with van der Waals surface area (Å²) in [6, 6.07) is 7.86. The second kappa shape index (κ2) is 7.89. The maximum atomic E-state index is 12.9. The van der Waals surface area contributed by atoms with Gasteiger partial charge in [0.2, 0.25) is 5.91 Å². The summed E-state index contributed by atoms with van der Waals surface area (Å²) in [7, 11) is 1.41. The SMILES string of the molecule is COC(=O)[C@@H]1C[C@@H]2CCCC[C@H]2N1C(=O)CCNc1ccccc1C. The van der Waals surface area contributed by atoms with E-state index in [4.69, 9.17) is 4.74 Å². The Bertz CT molecular complexity index is 631. The van der Waals surface area contributed by atoms with Gasteiger partial charge in [0.05, 0.1) is 7.11 Å². The van der Waals surface area contributed by atoms with E-state index in [0.717, 1.165) is 36.9 Å². The number of hydrogen-bond acceptors (Lipinski definition) is 4. The third-order valence-electron chi connectivity index (χ3n) is 5.65. The van der Waals surface area contributed by atoms with Crippen molar-refractivity contribution in [2.24, 2.45) is 5.92 Å². The highest BCUT2D eigenvalue weighted by Crippen LogP contribution is 2.40. The van der Waals surface area contributed by atoms with Crippen molar-refractivity contribution in [1.82, 2.24) is 4.90 Å². The van der Waals surface area contributed by atoms with Crippen LogP contribution in [0, 0.1) is 12.8 Å². The molecule has 1 saturated carbocycles. The van der Waals surface area contributed by atoms with E-state index in [0.29, 0.717) is 18.9 Å². The quantitative estimate of drug-likeness (QED) is 0.834. The first kappa shape index (κ1) is 17.8. The third kappa shape index (κ3) is 3.80. The number of para-hydroxylation sites is 1. The maximum absolute atomic E-state index is 12.9. The highest BCUT2D eigenvalue weighted by Gasteiger charge is 2.47. The molecule has 1 aliphatic carbocycles. The molecule has 1 N–H and O–H groups in total. The predicted octanol–water partition coefficient (Wildman–Crippen LogP) is 3.13. The van der Waals surface area contributed by atoms with Gasteiger partial charge in [0.1, 0.15) is 6.04 Å². The van der Waals surface area contributed by atoms with E-state index in [1.165, 1.54) is 13.5 Å². The molecule has 0 bridgehead atoms. The first-order valence-electron chi connectivity index (χ1n) is 9.30. The molecule has 2 fully saturated rings. The van der Waals surface area contributed by atoms with Crippen LogP contribution in [0.25, 0.3) is 0 Å². The van der Waals surface area contributed by atoms with E-state index in [2.05, 4.69) is 5.32 Å². The first-order valence-corrected chi connectivity index (χ1v) is 9.30. The van der Waals surface area contributed by atoms with Crippen molar-refractivity contribution in [3.05, 3.63) is 29.8 Å². The molecule has 1 heterocycles. The van der Waals surface area contributed by atoms with Crippen LogP contribution < -0.4 is 5.32 Å². The standard InChI is InChI=1S/C20H28N2O3/c1-14-7-3-5-9-16(14)21-12-11-19(23)22-17-10-6-4-8-15(17)13-18(22)20(24)25-2/h3,5,7,9,15,17-18,21H,4,6,8,10-13H2,1-2H3/t15-,17+,18-/m0/s1. The Balaban J connectivity index is 1.63. The lowest BCUT2D eigenvalue weighted by Crippen LogP contribution is -2.47. The van der Waals surface area contributed by atoms with E-state index in [-0.39, 0.29) is 17.9 Å². The zero-order valence-corrected chi connectivity index (χ0v) is 15.2. The molecule has 5 heteroatoms. The summed E-state index contributed by atoms with van der Waals surface area (Å²) >= 11 is 0. The molecule has 3 atom stereocenters. The number of carbonyl (C=O) groups excluding carboxylic acids is 2. The van der Waals surface area contributed by atoms with Gasteiger partial charge in [-0.3, -0.25) is 4.79 Å². The van der Waals surface area contributed by atoms with Crippen molar-refractivity contribution in [3.63, 3.8) is 0 Å². The lowest BCUT2D eigenvalue weighted by atomic mass is 9.84. The molecule has 136 valence electrons. The molecule has 3 rings (SSSR count). The van der Waals surface area contributed by atoms with Crippen LogP contribution >= 0.6 is 0 Å². The van der Waals surface area contributed by atoms with E-state index < -0.39 is 6.04 Å². The minimum absolute atomic E-state index is 0.0610. The average molecular weight is 344 g/mol. The van der Waals surface area contributed by atoms with Crippen LogP contribution in [-0.2, 0) is 14.3 Å². The lowest BCUT2D eigenvalue weighted by Gasteiger charge is -2.33. The van der Waals surface area contributed by atoms with Gasteiger partial charge in [-0.15, -0.1) is 0 Å². The molecule has 0 aromatic heterocycles. The average Bonchev–Trinajstić information content (AvgIpc) is 3.02. The molecule has 1 aromatic rings. The van der Waals surface area contributed by atoms with Gasteiger partial charge in [0.15, 0.2) is 0 Å². The highest BCUT2D eigenvalue weighted by atomic mass is 16.5. The van der Waals surface area contributed by atoms with Crippen LogP contribution in [0.3, 0.4) is 0 Å². The van der Waals surface area contributed by atoms with E-state index in [1.54, 1.807) is 0 Å². The van der Waals surface area contributed by atoms with Gasteiger partial charge in [-0.2, -0.15) is 0 Å². The summed E-state index contributed by atoms with van der Waals surface area (Å²) in [4.78, 5) is 26.9. The van der Waals surface area contributed by atoms with E-state index >= 15 is 0 Å². The number of nitrogens with one attached hydrogen (secondary N) is 1. The molecule has 25 heavy (non-hydrogen) atoms. The molecular weight excluding hydrogens is 316 g/mol. The second-order valence-electron chi connectivity index (χ2n) is 7.18. The minimum Gasteiger partial charge on any atom is -0.467 e. The summed E-state index contributed by atoms with van der Waals surface area (Å²) in [6.45, 7) is 2.62. The van der Waals surface area contributed by atoms with Crippen molar-refractivity contribution < 1.29 is 14.3 Å².